The number of aryl methyl sites for hydroxylation is 1. The van der Waals surface area contributed by atoms with Gasteiger partial charge in [-0.2, -0.15) is 4.99 Å². The molecule has 0 bridgehead atoms. The maximum Gasteiger partial charge on any atom is 0.259 e. The van der Waals surface area contributed by atoms with Gasteiger partial charge in [0.25, 0.3) is 5.88 Å². The van der Waals surface area contributed by atoms with Gasteiger partial charge in [-0.15, -0.1) is 5.10 Å². The number of methoxy groups -OCH3 is 1. The molecule has 1 heterocycles. The normalized spacial score (nSPS) is 9.25. The predicted octanol–water partition coefficient (Wildman–Crippen LogP) is 0.704. The Kier molecular flexibility index (Phi) is 2.26. The minimum atomic E-state index is 0.346. The lowest BCUT2D eigenvalue weighted by Gasteiger charge is -1.91. The van der Waals surface area contributed by atoms with Crippen molar-refractivity contribution in [1.29, 1.82) is 0 Å². The zero-order chi connectivity index (χ0) is 9.14. The summed E-state index contributed by atoms with van der Waals surface area (Å²) in [6.07, 6.45) is 1.45. The first-order valence-corrected chi connectivity index (χ1v) is 3.36. The summed E-state index contributed by atoms with van der Waals surface area (Å²) in [5.74, 6) is 0.346. The summed E-state index contributed by atoms with van der Waals surface area (Å²) in [7, 11) is 3.23. The average Bonchev–Trinajstić information content (AvgIpc) is 2.33. The van der Waals surface area contributed by atoms with E-state index in [1.54, 1.807) is 18.7 Å². The van der Waals surface area contributed by atoms with Crippen molar-refractivity contribution in [3.63, 3.8) is 0 Å². The van der Waals surface area contributed by atoms with E-state index in [0.717, 1.165) is 5.69 Å². The van der Waals surface area contributed by atoms with Gasteiger partial charge in [0.1, 0.15) is 0 Å². The Morgan fingerprint density at radius 2 is 2.33 bits per heavy atom. The number of hydrogen-bond donors (Lipinski definition) is 0. The van der Waals surface area contributed by atoms with Gasteiger partial charge in [-0.25, -0.2) is 4.79 Å². The van der Waals surface area contributed by atoms with Crippen molar-refractivity contribution in [2.75, 3.05) is 7.11 Å². The molecular formula is C7H9N3O2. The molecule has 5 nitrogen and oxygen atoms in total. The van der Waals surface area contributed by atoms with Crippen LogP contribution in [0.5, 0.6) is 5.88 Å². The Bertz CT molecular complexity index is 337. The molecule has 0 saturated carbocycles. The van der Waals surface area contributed by atoms with Crippen LogP contribution >= 0.6 is 0 Å². The number of isocyanates is 1. The van der Waals surface area contributed by atoms with Crippen LogP contribution in [0, 0.1) is 6.92 Å². The van der Waals surface area contributed by atoms with Gasteiger partial charge in [0.05, 0.1) is 12.8 Å². The zero-order valence-corrected chi connectivity index (χ0v) is 7.16. The van der Waals surface area contributed by atoms with Gasteiger partial charge in [-0.3, -0.25) is 4.68 Å². The fraction of sp³-hybridized carbons (Fsp3) is 0.429. The molecule has 0 N–H and O–H groups in total. The molecule has 0 aliphatic rings. The molecule has 5 heteroatoms. The van der Waals surface area contributed by atoms with E-state index in [9.17, 15) is 4.79 Å². The molecule has 0 aromatic carbocycles. The van der Waals surface area contributed by atoms with Crippen LogP contribution in [0.1, 0.15) is 5.69 Å². The molecule has 64 valence electrons. The number of aromatic nitrogens is 2. The van der Waals surface area contributed by atoms with E-state index in [4.69, 9.17) is 4.74 Å². The maximum absolute atomic E-state index is 10.0. The minimum Gasteiger partial charge on any atom is -0.478 e. The third-order valence-electron chi connectivity index (χ3n) is 1.62. The molecule has 0 aliphatic carbocycles. The van der Waals surface area contributed by atoms with Crippen LogP contribution in [-0.2, 0) is 11.8 Å². The van der Waals surface area contributed by atoms with E-state index in [0.29, 0.717) is 11.6 Å². The molecule has 1 aromatic heterocycles. The molecule has 1 aromatic rings. The van der Waals surface area contributed by atoms with Crippen LogP contribution < -0.4 is 4.74 Å². The van der Waals surface area contributed by atoms with E-state index in [1.807, 2.05) is 0 Å². The second-order valence-corrected chi connectivity index (χ2v) is 2.27. The molecule has 0 unspecified atom stereocenters. The molecule has 0 amide bonds. The molecular weight excluding hydrogens is 158 g/mol. The van der Waals surface area contributed by atoms with Crippen LogP contribution in [0.2, 0.25) is 0 Å². The zero-order valence-electron chi connectivity index (χ0n) is 7.16. The molecule has 0 fully saturated rings. The topological polar surface area (TPSA) is 56.5 Å². The highest BCUT2D eigenvalue weighted by molar-refractivity contribution is 5.57. The Morgan fingerprint density at radius 1 is 1.67 bits per heavy atom. The Morgan fingerprint density at radius 3 is 2.83 bits per heavy atom. The summed E-state index contributed by atoms with van der Waals surface area (Å²) in [5.41, 5.74) is 1.21. The van der Waals surface area contributed by atoms with Gasteiger partial charge in [-0.05, 0) is 6.92 Å². The Balaban J connectivity index is 3.30. The summed E-state index contributed by atoms with van der Waals surface area (Å²) in [6.45, 7) is 1.80. The first-order valence-electron chi connectivity index (χ1n) is 3.36. The van der Waals surface area contributed by atoms with Crippen molar-refractivity contribution in [2.45, 2.75) is 6.92 Å². The van der Waals surface area contributed by atoms with Gasteiger partial charge in [-0.1, -0.05) is 0 Å². The number of aliphatic imine (C=N–C) groups is 1. The predicted molar refractivity (Wildman–Crippen MR) is 42.3 cm³/mol. The van der Waals surface area contributed by atoms with Crippen molar-refractivity contribution < 1.29 is 9.53 Å². The molecule has 0 atom stereocenters. The summed E-state index contributed by atoms with van der Waals surface area (Å²) >= 11 is 0. The fourth-order valence-electron chi connectivity index (χ4n) is 0.878. The lowest BCUT2D eigenvalue weighted by molar-refractivity contribution is 0.393. The van der Waals surface area contributed by atoms with E-state index >= 15 is 0 Å². The van der Waals surface area contributed by atoms with Gasteiger partial charge >= 0.3 is 0 Å². The molecule has 0 saturated heterocycles. The first-order chi connectivity index (χ1) is 5.70. The van der Waals surface area contributed by atoms with Gasteiger partial charge < -0.3 is 4.74 Å². The number of carbonyl (C=O) groups excluding carboxylic acids is 1. The highest BCUT2D eigenvalue weighted by Gasteiger charge is 2.11. The minimum absolute atomic E-state index is 0.346. The standard InChI is InChI=1S/C7H9N3O2/c1-5-6(8-4-11)7(12-3)9-10(5)2/h1-3H3. The third kappa shape index (κ3) is 1.22. The summed E-state index contributed by atoms with van der Waals surface area (Å²) in [4.78, 5) is 13.5. The lowest BCUT2D eigenvalue weighted by Crippen LogP contribution is -1.92. The monoisotopic (exact) mass is 167 g/mol. The fourth-order valence-corrected chi connectivity index (χ4v) is 0.878. The van der Waals surface area contributed by atoms with Crippen molar-refractivity contribution in [2.24, 2.45) is 12.0 Å². The molecule has 0 radical (unpaired) electrons. The van der Waals surface area contributed by atoms with Gasteiger partial charge in [0.15, 0.2) is 5.69 Å². The Labute approximate surface area is 69.7 Å². The smallest absolute Gasteiger partial charge is 0.259 e. The molecule has 1 rings (SSSR count). The van der Waals surface area contributed by atoms with Crippen LogP contribution in [0.3, 0.4) is 0 Å². The molecule has 12 heavy (non-hydrogen) atoms. The van der Waals surface area contributed by atoms with Crippen LogP contribution in [0.25, 0.3) is 0 Å². The number of rotatable bonds is 2. The van der Waals surface area contributed by atoms with E-state index in [2.05, 4.69) is 10.1 Å². The molecule has 0 aliphatic heterocycles. The van der Waals surface area contributed by atoms with Crippen LogP contribution in [0.15, 0.2) is 4.99 Å². The van der Waals surface area contributed by atoms with Gasteiger partial charge in [0.2, 0.25) is 6.08 Å². The van der Waals surface area contributed by atoms with E-state index in [-0.39, 0.29) is 0 Å². The van der Waals surface area contributed by atoms with E-state index in [1.165, 1.54) is 13.2 Å². The van der Waals surface area contributed by atoms with Crippen molar-refractivity contribution in [3.8, 4) is 5.88 Å². The number of hydrogen-bond acceptors (Lipinski definition) is 4. The highest BCUT2D eigenvalue weighted by atomic mass is 16.5. The summed E-state index contributed by atoms with van der Waals surface area (Å²) < 4.78 is 6.49. The van der Waals surface area contributed by atoms with E-state index < -0.39 is 0 Å². The maximum atomic E-state index is 10.0. The van der Waals surface area contributed by atoms with Crippen molar-refractivity contribution >= 4 is 11.8 Å². The number of ether oxygens (including phenoxy) is 1. The summed E-state index contributed by atoms with van der Waals surface area (Å²) in [6, 6.07) is 0. The highest BCUT2D eigenvalue weighted by Crippen LogP contribution is 2.28. The lowest BCUT2D eigenvalue weighted by atomic mass is 10.4. The molecule has 0 spiro atoms. The van der Waals surface area contributed by atoms with Gasteiger partial charge in [0, 0.05) is 7.05 Å². The third-order valence-corrected chi connectivity index (χ3v) is 1.62. The van der Waals surface area contributed by atoms with Crippen LogP contribution in [-0.4, -0.2) is 23.0 Å². The van der Waals surface area contributed by atoms with Crippen molar-refractivity contribution in [1.82, 2.24) is 9.78 Å². The number of nitrogens with zero attached hydrogens (tertiary/aromatic N) is 3. The first kappa shape index (κ1) is 8.49. The van der Waals surface area contributed by atoms with Crippen molar-refractivity contribution in [3.05, 3.63) is 5.69 Å². The quantitative estimate of drug-likeness (QED) is 0.481. The summed E-state index contributed by atoms with van der Waals surface area (Å²) in [5, 5.41) is 3.97. The Hall–Kier alpha value is -1.61. The second-order valence-electron chi connectivity index (χ2n) is 2.27. The SMILES string of the molecule is COc1nn(C)c(C)c1N=C=O. The van der Waals surface area contributed by atoms with Crippen LogP contribution in [0.4, 0.5) is 5.69 Å². The largest absolute Gasteiger partial charge is 0.478 e. The second kappa shape index (κ2) is 3.19. The average molecular weight is 167 g/mol.